The number of benzene rings is 4. The number of likely N-dealkylation sites (tertiary alicyclic amines) is 2. The van der Waals surface area contributed by atoms with Gasteiger partial charge in [-0.2, -0.15) is 0 Å². The number of halogens is 4. The first-order valence-electron chi connectivity index (χ1n) is 31.1. The van der Waals surface area contributed by atoms with E-state index < -0.39 is 10.0 Å². The van der Waals surface area contributed by atoms with Crippen molar-refractivity contribution in [2.24, 2.45) is 16.2 Å². The summed E-state index contributed by atoms with van der Waals surface area (Å²) >= 11 is 25.0. The van der Waals surface area contributed by atoms with E-state index in [1.165, 1.54) is 101 Å². The van der Waals surface area contributed by atoms with E-state index in [-0.39, 0.29) is 17.2 Å². The minimum absolute atomic E-state index is 0.176. The van der Waals surface area contributed by atoms with Crippen LogP contribution in [-0.2, 0) is 19.6 Å². The number of hydrogen-bond donors (Lipinski definition) is 4. The lowest BCUT2D eigenvalue weighted by molar-refractivity contribution is -0.131. The summed E-state index contributed by atoms with van der Waals surface area (Å²) in [5, 5.41) is 8.20. The molecule has 6 saturated heterocycles. The number of anilines is 3. The van der Waals surface area contributed by atoms with Crippen molar-refractivity contribution in [3.05, 3.63) is 123 Å². The Kier molecular flexibility index (Phi) is 17.8. The molecule has 7 fully saturated rings. The lowest BCUT2D eigenvalue weighted by atomic mass is 9.71. The molecule has 0 radical (unpaired) electrons. The molecule has 0 atom stereocenters. The minimum Gasteiger partial charge on any atom is -0.371 e. The van der Waals surface area contributed by atoms with E-state index in [0.717, 1.165) is 147 Å². The van der Waals surface area contributed by atoms with Gasteiger partial charge in [0.15, 0.2) is 0 Å². The fourth-order valence-corrected chi connectivity index (χ4v) is 17.2. The topological polar surface area (TPSA) is 151 Å². The number of hydrogen-bond acceptors (Lipinski definition) is 7. The third-order valence-corrected chi connectivity index (χ3v) is 22.8. The first-order valence-corrected chi connectivity index (χ1v) is 34.5. The van der Waals surface area contributed by atoms with Crippen molar-refractivity contribution >= 4 is 129 Å². The van der Waals surface area contributed by atoms with Gasteiger partial charge in [-0.05, 0) is 166 Å². The smallest absolute Gasteiger partial charge is 0.219 e. The van der Waals surface area contributed by atoms with Crippen LogP contribution in [0.5, 0.6) is 0 Å². The Morgan fingerprint density at radius 1 is 0.442 bits per heavy atom. The first-order chi connectivity index (χ1) is 41.3. The van der Waals surface area contributed by atoms with Crippen LogP contribution in [0.3, 0.4) is 0 Å². The van der Waals surface area contributed by atoms with Gasteiger partial charge < -0.3 is 44.4 Å². The van der Waals surface area contributed by atoms with Crippen LogP contribution in [0.2, 0.25) is 20.1 Å². The summed E-state index contributed by atoms with van der Waals surface area (Å²) in [6.45, 7) is 14.5. The minimum atomic E-state index is -3.04. The number of amides is 2. The number of nitrogens with zero attached hydrogens (tertiary/aromatic N) is 6. The predicted octanol–water partition coefficient (Wildman–Crippen LogP) is 15.3. The molecule has 458 valence electrons. The third kappa shape index (κ3) is 13.1. The number of rotatable bonds is 5. The molecule has 4 N–H and O–H groups in total. The Hall–Kier alpha value is -5.55. The van der Waals surface area contributed by atoms with E-state index in [0.29, 0.717) is 29.8 Å². The van der Waals surface area contributed by atoms with Crippen LogP contribution in [0.25, 0.3) is 43.6 Å². The standard InChI is InChI=1S/C19H24ClN3O.C18H22ClN3O.C16H20ClN3O2S.C14H16ClN/c1-14(24)22-8-3-19(4-9-22)5-10-23(11-6-19)18-13-15(20)12-17-16(18)2-7-21-17;1-13(23)22-9-5-18(12-22)3-7-21(8-4-18)17-11-14(19)10-16-15(17)2-6-20-16;1-23(21,22)20-10-16(11-20)3-6-19(7-4-16)15-9-12(17)8-14-13(15)2-5-18-14;15-11-8-13(10-4-2-1-3-5-10)12-6-7-16-14(12)9-11/h2,7,12-13,21H,3-6,8-11H2,1H3;2,6,10-11,20H,3-5,7-9,12H2,1H3;2,5,8-9,18H,3-4,6-7,10-11H2,1H3;6-10,16H,1-5H2. The Morgan fingerprint density at radius 2 is 0.791 bits per heavy atom. The van der Waals surface area contributed by atoms with Crippen LogP contribution in [0.4, 0.5) is 17.1 Å². The summed E-state index contributed by atoms with van der Waals surface area (Å²) in [4.78, 5) is 47.4. The van der Waals surface area contributed by atoms with Crippen molar-refractivity contribution in [3.63, 3.8) is 0 Å². The summed E-state index contributed by atoms with van der Waals surface area (Å²) < 4.78 is 24.7. The number of carbonyl (C=O) groups is 2. The SMILES string of the molecule is CC(=O)N1CCC2(CC1)CCN(c1cc(Cl)cc3[nH]ccc13)CC2.CC(=O)N1CCC2(CCN(c3cc(Cl)cc4[nH]ccc34)CC2)C1.CS(=O)(=O)N1CC2(CCN(c3cc(Cl)cc4[nH]ccc34)CC2)C1.Clc1cc(C2CCCCC2)c2cc[nH]c2c1. The van der Waals surface area contributed by atoms with Gasteiger partial charge in [0.1, 0.15) is 0 Å². The molecule has 6 aliphatic heterocycles. The molecule has 86 heavy (non-hydrogen) atoms. The largest absolute Gasteiger partial charge is 0.371 e. The second kappa shape index (κ2) is 25.1. The van der Waals surface area contributed by atoms with Crippen LogP contribution < -0.4 is 14.7 Å². The number of aromatic amines is 4. The van der Waals surface area contributed by atoms with Crippen LogP contribution in [0.1, 0.15) is 115 Å². The molecule has 10 heterocycles. The van der Waals surface area contributed by atoms with Gasteiger partial charge in [-0.25, -0.2) is 12.7 Å². The number of nitrogens with one attached hydrogen (secondary N) is 4. The normalized spacial score (nSPS) is 20.5. The molecule has 14 nitrogen and oxygen atoms in total. The molecule has 3 spiro atoms. The second-order valence-corrected chi connectivity index (χ2v) is 29.8. The van der Waals surface area contributed by atoms with E-state index in [1.807, 2.05) is 64.9 Å². The van der Waals surface area contributed by atoms with Crippen molar-refractivity contribution in [3.8, 4) is 0 Å². The molecule has 4 aromatic heterocycles. The molecule has 8 aromatic rings. The number of H-pyrrole nitrogens is 4. The van der Waals surface area contributed by atoms with E-state index in [9.17, 15) is 18.0 Å². The van der Waals surface area contributed by atoms with Crippen molar-refractivity contribution in [1.29, 1.82) is 0 Å². The Balaban J connectivity index is 0.000000113. The van der Waals surface area contributed by atoms with Crippen LogP contribution >= 0.6 is 46.4 Å². The average molecular weight is 1270 g/mol. The highest BCUT2D eigenvalue weighted by atomic mass is 35.5. The summed E-state index contributed by atoms with van der Waals surface area (Å²) in [5.74, 6) is 1.15. The van der Waals surface area contributed by atoms with Gasteiger partial charge in [0, 0.05) is 203 Å². The summed E-state index contributed by atoms with van der Waals surface area (Å²) in [5.41, 5.74) is 10.5. The zero-order valence-corrected chi connectivity index (χ0v) is 53.8. The van der Waals surface area contributed by atoms with Gasteiger partial charge in [0.25, 0.3) is 0 Å². The highest BCUT2D eigenvalue weighted by Crippen LogP contribution is 2.47. The number of carbonyl (C=O) groups excluding carboxylic acids is 2. The molecule has 15 rings (SSSR count). The maximum absolute atomic E-state index is 11.6. The molecular formula is C67H82Cl4N10O4S. The van der Waals surface area contributed by atoms with Crippen LogP contribution in [0.15, 0.2) is 97.6 Å². The molecule has 7 aliphatic rings. The van der Waals surface area contributed by atoms with E-state index in [4.69, 9.17) is 46.4 Å². The van der Waals surface area contributed by atoms with Gasteiger partial charge >= 0.3 is 0 Å². The average Bonchev–Trinajstić information content (AvgIpc) is 2.09. The van der Waals surface area contributed by atoms with Crippen molar-refractivity contribution in [1.82, 2.24) is 34.0 Å². The Bertz CT molecular complexity index is 3820. The second-order valence-electron chi connectivity index (χ2n) is 26.0. The van der Waals surface area contributed by atoms with Crippen molar-refractivity contribution in [2.45, 2.75) is 110 Å². The maximum atomic E-state index is 11.6. The Labute approximate surface area is 526 Å². The third-order valence-electron chi connectivity index (χ3n) is 20.7. The predicted molar refractivity (Wildman–Crippen MR) is 355 cm³/mol. The highest BCUT2D eigenvalue weighted by molar-refractivity contribution is 7.88. The van der Waals surface area contributed by atoms with Gasteiger partial charge in [0.05, 0.1) is 6.26 Å². The summed E-state index contributed by atoms with van der Waals surface area (Å²) in [6, 6.07) is 24.8. The molecule has 0 bridgehead atoms. The van der Waals surface area contributed by atoms with E-state index in [2.05, 4.69) is 77.1 Å². The van der Waals surface area contributed by atoms with Gasteiger partial charge in [-0.15, -0.1) is 0 Å². The van der Waals surface area contributed by atoms with Crippen LogP contribution in [0, 0.1) is 16.2 Å². The van der Waals surface area contributed by atoms with Gasteiger partial charge in [-0.3, -0.25) is 9.59 Å². The molecular weight excluding hydrogens is 1180 g/mol. The lowest BCUT2D eigenvalue weighted by Crippen LogP contribution is -2.61. The molecule has 0 unspecified atom stereocenters. The van der Waals surface area contributed by atoms with E-state index in [1.54, 1.807) is 18.2 Å². The molecule has 1 saturated carbocycles. The molecule has 4 aromatic carbocycles. The first kappa shape index (κ1) is 60.7. The molecule has 2 amide bonds. The fourth-order valence-electron chi connectivity index (χ4n) is 15.4. The van der Waals surface area contributed by atoms with Gasteiger partial charge in [-0.1, -0.05) is 65.7 Å². The van der Waals surface area contributed by atoms with Crippen molar-refractivity contribution in [2.75, 3.05) is 99.5 Å². The van der Waals surface area contributed by atoms with Crippen LogP contribution in [-0.4, -0.2) is 139 Å². The number of aromatic nitrogens is 4. The maximum Gasteiger partial charge on any atom is 0.219 e. The fraction of sp³-hybridized carbons (Fsp3) is 0.493. The van der Waals surface area contributed by atoms with Crippen molar-refractivity contribution < 1.29 is 18.0 Å². The molecule has 1 aliphatic carbocycles. The van der Waals surface area contributed by atoms with E-state index >= 15 is 0 Å². The Morgan fingerprint density at radius 3 is 1.20 bits per heavy atom. The molecule has 19 heteroatoms. The summed E-state index contributed by atoms with van der Waals surface area (Å²) in [7, 11) is -3.04. The quantitative estimate of drug-likeness (QED) is 0.134. The number of fused-ring (bicyclic) bond motifs is 4. The zero-order valence-electron chi connectivity index (χ0n) is 49.9. The lowest BCUT2D eigenvalue weighted by Gasteiger charge is -2.53. The zero-order chi connectivity index (χ0) is 60.0. The van der Waals surface area contributed by atoms with Gasteiger partial charge in [0.2, 0.25) is 21.8 Å². The number of piperidine rings is 4. The summed E-state index contributed by atoms with van der Waals surface area (Å²) in [6.07, 6.45) is 26.2. The number of sulfonamides is 1. The monoisotopic (exact) mass is 1260 g/mol. The highest BCUT2D eigenvalue weighted by Gasteiger charge is 2.48.